The minimum atomic E-state index is -0.989. The van der Waals surface area contributed by atoms with Crippen molar-refractivity contribution in [1.82, 2.24) is 0 Å². The molecule has 1 N–H and O–H groups in total. The minimum absolute atomic E-state index is 0.131. The largest absolute Gasteiger partial charge is 0.481 e. The molecule has 0 bridgehead atoms. The highest BCUT2D eigenvalue weighted by atomic mass is 16.7. The highest BCUT2D eigenvalue weighted by Crippen LogP contribution is 2.37. The van der Waals surface area contributed by atoms with Crippen LogP contribution in [-0.2, 0) is 16.0 Å². The highest BCUT2D eigenvalue weighted by molar-refractivity contribution is 5.93. The van der Waals surface area contributed by atoms with E-state index in [1.165, 1.54) is 0 Å². The van der Waals surface area contributed by atoms with E-state index < -0.39 is 18.0 Å². The first kappa shape index (κ1) is 10.9. The van der Waals surface area contributed by atoms with E-state index >= 15 is 0 Å². The molecule has 1 atom stereocenters. The lowest BCUT2D eigenvalue weighted by Gasteiger charge is -2.23. The van der Waals surface area contributed by atoms with Gasteiger partial charge in [-0.25, -0.2) is 4.79 Å². The number of carbonyl (C=O) groups excluding carboxylic acids is 1. The molecule has 0 aromatic heterocycles. The van der Waals surface area contributed by atoms with Gasteiger partial charge in [-0.15, -0.1) is 0 Å². The molecule has 1 unspecified atom stereocenters. The number of fused-ring (bicyclic) bond motifs is 2. The Morgan fingerprint density at radius 3 is 2.78 bits per heavy atom. The maximum Gasteiger partial charge on any atom is 0.338 e. The lowest BCUT2D eigenvalue weighted by Crippen LogP contribution is -2.29. The molecule has 0 fully saturated rings. The van der Waals surface area contributed by atoms with E-state index in [1.807, 2.05) is 0 Å². The lowest BCUT2D eigenvalue weighted by molar-refractivity contribution is -0.139. The maximum atomic E-state index is 11.8. The number of benzene rings is 1. The Balaban J connectivity index is 1.94. The summed E-state index contributed by atoms with van der Waals surface area (Å²) in [4.78, 5) is 22.4. The molecule has 18 heavy (non-hydrogen) atoms. The zero-order valence-electron chi connectivity index (χ0n) is 9.34. The van der Waals surface area contributed by atoms with Crippen LogP contribution in [0.1, 0.15) is 22.3 Å². The lowest BCUT2D eigenvalue weighted by atomic mass is 9.96. The summed E-state index contributed by atoms with van der Waals surface area (Å²) in [5, 5.41) is 8.72. The quantitative estimate of drug-likeness (QED) is 0.787. The number of hydrogen-bond acceptors (Lipinski definition) is 5. The zero-order valence-corrected chi connectivity index (χ0v) is 9.34. The molecule has 6 nitrogen and oxygen atoms in total. The van der Waals surface area contributed by atoms with Gasteiger partial charge in [-0.2, -0.15) is 0 Å². The van der Waals surface area contributed by atoms with Gasteiger partial charge in [0.05, 0.1) is 12.0 Å². The molecule has 2 heterocycles. The van der Waals surface area contributed by atoms with E-state index in [0.29, 0.717) is 23.5 Å². The van der Waals surface area contributed by atoms with Crippen LogP contribution in [0.25, 0.3) is 0 Å². The Morgan fingerprint density at radius 2 is 2.06 bits per heavy atom. The third-order valence-corrected chi connectivity index (χ3v) is 2.94. The van der Waals surface area contributed by atoms with Gasteiger partial charge in [0, 0.05) is 6.42 Å². The third kappa shape index (κ3) is 1.75. The average molecular weight is 250 g/mol. The predicted octanol–water partition coefficient (Wildman–Crippen LogP) is 0.972. The number of hydrogen-bond donors (Lipinski definition) is 1. The number of cyclic esters (lactones) is 1. The van der Waals surface area contributed by atoms with Crippen molar-refractivity contribution in [1.29, 1.82) is 0 Å². The van der Waals surface area contributed by atoms with Crippen LogP contribution in [0.5, 0.6) is 11.5 Å². The molecule has 0 saturated heterocycles. The van der Waals surface area contributed by atoms with Gasteiger partial charge in [-0.1, -0.05) is 0 Å². The summed E-state index contributed by atoms with van der Waals surface area (Å²) in [6, 6.07) is 3.30. The second kappa shape index (κ2) is 3.90. The second-order valence-electron chi connectivity index (χ2n) is 4.19. The van der Waals surface area contributed by atoms with Crippen molar-refractivity contribution in [3.8, 4) is 11.5 Å². The van der Waals surface area contributed by atoms with Crippen molar-refractivity contribution in [3.05, 3.63) is 23.3 Å². The zero-order chi connectivity index (χ0) is 12.7. The first-order chi connectivity index (χ1) is 8.63. The molecule has 2 aliphatic rings. The molecule has 1 aromatic rings. The summed E-state index contributed by atoms with van der Waals surface area (Å²) in [5.41, 5.74) is 1.16. The van der Waals surface area contributed by atoms with Crippen molar-refractivity contribution in [2.24, 2.45) is 0 Å². The van der Waals surface area contributed by atoms with Crippen molar-refractivity contribution < 1.29 is 28.9 Å². The number of aliphatic carboxylic acids is 1. The number of ether oxygens (including phenoxy) is 3. The van der Waals surface area contributed by atoms with Crippen LogP contribution in [0, 0.1) is 0 Å². The van der Waals surface area contributed by atoms with Crippen molar-refractivity contribution in [3.63, 3.8) is 0 Å². The molecule has 0 amide bonds. The number of carbonyl (C=O) groups is 2. The van der Waals surface area contributed by atoms with E-state index in [-0.39, 0.29) is 13.2 Å². The van der Waals surface area contributed by atoms with Crippen molar-refractivity contribution in [2.75, 3.05) is 6.79 Å². The molecule has 0 saturated carbocycles. The van der Waals surface area contributed by atoms with Gasteiger partial charge >= 0.3 is 11.9 Å². The van der Waals surface area contributed by atoms with Crippen LogP contribution in [0.4, 0.5) is 0 Å². The van der Waals surface area contributed by atoms with Crippen molar-refractivity contribution in [2.45, 2.75) is 18.9 Å². The fourth-order valence-electron chi connectivity index (χ4n) is 2.15. The second-order valence-corrected chi connectivity index (χ2v) is 4.19. The van der Waals surface area contributed by atoms with Crippen molar-refractivity contribution >= 4 is 11.9 Å². The van der Waals surface area contributed by atoms with Gasteiger partial charge in [0.25, 0.3) is 0 Å². The Kier molecular flexibility index (Phi) is 2.36. The van der Waals surface area contributed by atoms with E-state index in [0.717, 1.165) is 5.56 Å². The summed E-state index contributed by atoms with van der Waals surface area (Å²) in [7, 11) is 0. The Labute approximate surface area is 102 Å². The Hall–Kier alpha value is -2.24. The number of rotatable bonds is 2. The van der Waals surface area contributed by atoms with E-state index in [2.05, 4.69) is 0 Å². The summed E-state index contributed by atoms with van der Waals surface area (Å²) >= 11 is 0. The summed E-state index contributed by atoms with van der Waals surface area (Å²) < 4.78 is 15.5. The fourth-order valence-corrected chi connectivity index (χ4v) is 2.15. The molecule has 0 radical (unpaired) electrons. The van der Waals surface area contributed by atoms with Crippen LogP contribution in [0.2, 0.25) is 0 Å². The Bertz CT molecular complexity index is 536. The summed E-state index contributed by atoms with van der Waals surface area (Å²) in [5.74, 6) is -0.405. The van der Waals surface area contributed by atoms with Crippen LogP contribution in [0.3, 0.4) is 0 Å². The van der Waals surface area contributed by atoms with Crippen LogP contribution < -0.4 is 9.47 Å². The summed E-state index contributed by atoms with van der Waals surface area (Å²) in [6.07, 6.45) is -0.438. The average Bonchev–Trinajstić information content (AvgIpc) is 2.72. The normalized spacial score (nSPS) is 20.2. The first-order valence-corrected chi connectivity index (χ1v) is 5.49. The minimum Gasteiger partial charge on any atom is -0.481 e. The molecule has 6 heteroatoms. The first-order valence-electron chi connectivity index (χ1n) is 5.49. The van der Waals surface area contributed by atoms with Gasteiger partial charge in [0.2, 0.25) is 6.79 Å². The van der Waals surface area contributed by atoms with E-state index in [1.54, 1.807) is 12.1 Å². The fraction of sp³-hybridized carbons (Fsp3) is 0.333. The molecular weight excluding hydrogens is 240 g/mol. The van der Waals surface area contributed by atoms with Gasteiger partial charge in [-0.3, -0.25) is 4.79 Å². The van der Waals surface area contributed by atoms with Gasteiger partial charge in [0.15, 0.2) is 11.5 Å². The standard InChI is InChI=1S/C12H10O6/c13-11(14)3-7-1-6-2-9-10(17-5-16-9)4-8(6)12(15)18-7/h2,4,7H,1,3,5H2,(H,13,14). The molecule has 94 valence electrons. The van der Waals surface area contributed by atoms with Gasteiger partial charge in [-0.05, 0) is 17.7 Å². The number of carboxylic acids is 1. The monoisotopic (exact) mass is 250 g/mol. The molecule has 1 aromatic carbocycles. The van der Waals surface area contributed by atoms with Gasteiger partial charge < -0.3 is 19.3 Å². The highest BCUT2D eigenvalue weighted by Gasteiger charge is 2.30. The predicted molar refractivity (Wildman–Crippen MR) is 57.7 cm³/mol. The maximum absolute atomic E-state index is 11.8. The van der Waals surface area contributed by atoms with E-state index in [9.17, 15) is 9.59 Å². The third-order valence-electron chi connectivity index (χ3n) is 2.94. The molecule has 0 aliphatic carbocycles. The van der Waals surface area contributed by atoms with E-state index in [4.69, 9.17) is 19.3 Å². The molecule has 3 rings (SSSR count). The molecular formula is C12H10O6. The topological polar surface area (TPSA) is 82.1 Å². The van der Waals surface area contributed by atoms with Crippen LogP contribution in [0.15, 0.2) is 12.1 Å². The number of esters is 1. The Morgan fingerprint density at radius 1 is 1.33 bits per heavy atom. The molecule has 0 spiro atoms. The number of carboxylic acid groups (broad SMARTS) is 1. The van der Waals surface area contributed by atoms with Crippen LogP contribution in [-0.4, -0.2) is 29.9 Å². The SMILES string of the molecule is O=C(O)CC1Cc2cc3c(cc2C(=O)O1)OCO3. The summed E-state index contributed by atoms with van der Waals surface area (Å²) in [6.45, 7) is 0.131. The smallest absolute Gasteiger partial charge is 0.338 e. The van der Waals surface area contributed by atoms with Gasteiger partial charge in [0.1, 0.15) is 6.10 Å². The van der Waals surface area contributed by atoms with Crippen LogP contribution >= 0.6 is 0 Å². The molecule has 2 aliphatic heterocycles.